The third kappa shape index (κ3) is 3.57. The molecule has 0 saturated carbocycles. The second-order valence-corrected chi connectivity index (χ2v) is 7.55. The SMILES string of the molecule is COc1ccc(/C(O)=C2/C(=O)C(=O)N(CC3CCCO3)C2c2ccncc2)cc1C. The normalized spacial score (nSPS) is 23.2. The largest absolute Gasteiger partial charge is 0.507 e. The standard InChI is InChI=1S/C23H24N2O5/c1-14-12-16(5-6-18(14)29-2)21(26)19-20(15-7-9-24-10-8-15)25(23(28)22(19)27)13-17-4-3-11-30-17/h5-10,12,17,20,26H,3-4,11,13H2,1-2H3/b21-19-. The van der Waals surface area contributed by atoms with Crippen LogP contribution in [0.1, 0.15) is 35.6 Å². The van der Waals surface area contributed by atoms with Crippen molar-refractivity contribution in [2.75, 3.05) is 20.3 Å². The van der Waals surface area contributed by atoms with E-state index in [-0.39, 0.29) is 17.4 Å². The summed E-state index contributed by atoms with van der Waals surface area (Å²) in [6, 6.07) is 7.97. The van der Waals surface area contributed by atoms with Gasteiger partial charge in [-0.25, -0.2) is 0 Å². The van der Waals surface area contributed by atoms with E-state index in [1.54, 1.807) is 49.8 Å². The maximum absolute atomic E-state index is 13.0. The van der Waals surface area contributed by atoms with Crippen LogP contribution in [0.5, 0.6) is 5.75 Å². The van der Waals surface area contributed by atoms with E-state index in [0.29, 0.717) is 30.0 Å². The van der Waals surface area contributed by atoms with Crippen LogP contribution < -0.4 is 4.74 Å². The van der Waals surface area contributed by atoms with Crippen molar-refractivity contribution in [3.8, 4) is 5.75 Å². The van der Waals surface area contributed by atoms with Crippen molar-refractivity contribution in [3.05, 3.63) is 65.0 Å². The highest BCUT2D eigenvalue weighted by atomic mass is 16.5. The zero-order valence-electron chi connectivity index (χ0n) is 17.0. The van der Waals surface area contributed by atoms with E-state index < -0.39 is 17.7 Å². The number of ether oxygens (including phenoxy) is 2. The number of aromatic nitrogens is 1. The van der Waals surface area contributed by atoms with Gasteiger partial charge < -0.3 is 19.5 Å². The fourth-order valence-electron chi connectivity index (χ4n) is 4.15. The van der Waals surface area contributed by atoms with Crippen molar-refractivity contribution in [1.82, 2.24) is 9.88 Å². The Morgan fingerprint density at radius 3 is 2.67 bits per heavy atom. The molecule has 2 fully saturated rings. The van der Waals surface area contributed by atoms with Crippen molar-refractivity contribution in [2.45, 2.75) is 31.9 Å². The van der Waals surface area contributed by atoms with E-state index in [1.165, 1.54) is 4.90 Å². The number of pyridine rings is 1. The number of hydrogen-bond donors (Lipinski definition) is 1. The molecular weight excluding hydrogens is 384 g/mol. The van der Waals surface area contributed by atoms with Gasteiger partial charge in [0.05, 0.1) is 24.8 Å². The molecule has 0 spiro atoms. The smallest absolute Gasteiger partial charge is 0.295 e. The van der Waals surface area contributed by atoms with Gasteiger partial charge in [-0.3, -0.25) is 14.6 Å². The number of nitrogens with zero attached hydrogens (tertiary/aromatic N) is 2. The van der Waals surface area contributed by atoms with E-state index in [9.17, 15) is 14.7 Å². The van der Waals surface area contributed by atoms with Crippen molar-refractivity contribution in [1.29, 1.82) is 0 Å². The van der Waals surface area contributed by atoms with Gasteiger partial charge in [-0.1, -0.05) is 0 Å². The Balaban J connectivity index is 1.81. The van der Waals surface area contributed by atoms with Crippen LogP contribution in [0.25, 0.3) is 5.76 Å². The van der Waals surface area contributed by atoms with Gasteiger partial charge in [-0.05, 0) is 61.2 Å². The molecule has 2 unspecified atom stereocenters. The third-order valence-electron chi connectivity index (χ3n) is 5.65. The highest BCUT2D eigenvalue weighted by Gasteiger charge is 2.47. The first-order chi connectivity index (χ1) is 14.5. The van der Waals surface area contributed by atoms with Crippen LogP contribution >= 0.6 is 0 Å². The summed E-state index contributed by atoms with van der Waals surface area (Å²) in [5.41, 5.74) is 2.07. The Bertz CT molecular complexity index is 996. The summed E-state index contributed by atoms with van der Waals surface area (Å²) < 4.78 is 11.0. The molecule has 0 bridgehead atoms. The average molecular weight is 408 g/mol. The van der Waals surface area contributed by atoms with Crippen LogP contribution in [0.2, 0.25) is 0 Å². The van der Waals surface area contributed by atoms with Gasteiger partial charge in [0.2, 0.25) is 0 Å². The van der Waals surface area contributed by atoms with E-state index in [2.05, 4.69) is 4.98 Å². The molecule has 0 radical (unpaired) electrons. The maximum atomic E-state index is 13.0. The zero-order chi connectivity index (χ0) is 21.3. The Labute approximate surface area is 174 Å². The summed E-state index contributed by atoms with van der Waals surface area (Å²) in [5, 5.41) is 11.1. The summed E-state index contributed by atoms with van der Waals surface area (Å²) >= 11 is 0. The number of hydrogen-bond acceptors (Lipinski definition) is 6. The molecule has 1 aromatic carbocycles. The lowest BCUT2D eigenvalue weighted by Crippen LogP contribution is -2.36. The quantitative estimate of drug-likeness (QED) is 0.465. The molecule has 2 aliphatic heterocycles. The fourth-order valence-corrected chi connectivity index (χ4v) is 4.15. The van der Waals surface area contributed by atoms with E-state index in [4.69, 9.17) is 9.47 Å². The first kappa shape index (κ1) is 20.1. The number of carbonyl (C=O) groups excluding carboxylic acids is 2. The predicted molar refractivity (Wildman–Crippen MR) is 110 cm³/mol. The predicted octanol–water partition coefficient (Wildman–Crippen LogP) is 3.00. The molecule has 1 aromatic heterocycles. The number of likely N-dealkylation sites (tertiary alicyclic amines) is 1. The minimum absolute atomic E-state index is 0.0776. The van der Waals surface area contributed by atoms with Crippen LogP contribution in [-0.4, -0.2) is 53.0 Å². The summed E-state index contributed by atoms with van der Waals surface area (Å²) in [6.45, 7) is 2.81. The van der Waals surface area contributed by atoms with E-state index >= 15 is 0 Å². The molecule has 0 aliphatic carbocycles. The summed E-state index contributed by atoms with van der Waals surface area (Å²) in [4.78, 5) is 31.5. The minimum atomic E-state index is -0.695. The molecule has 2 atom stereocenters. The lowest BCUT2D eigenvalue weighted by molar-refractivity contribution is -0.140. The molecule has 30 heavy (non-hydrogen) atoms. The van der Waals surface area contributed by atoms with Crippen molar-refractivity contribution in [3.63, 3.8) is 0 Å². The van der Waals surface area contributed by atoms with Crippen molar-refractivity contribution in [2.24, 2.45) is 0 Å². The first-order valence-electron chi connectivity index (χ1n) is 9.96. The Hall–Kier alpha value is -3.19. The number of aliphatic hydroxyl groups excluding tert-OH is 1. The Morgan fingerprint density at radius 2 is 2.03 bits per heavy atom. The lowest BCUT2D eigenvalue weighted by Gasteiger charge is -2.27. The number of aliphatic hydroxyl groups is 1. The van der Waals surface area contributed by atoms with Gasteiger partial charge >= 0.3 is 0 Å². The average Bonchev–Trinajstić information content (AvgIpc) is 3.36. The number of benzene rings is 1. The molecule has 1 N–H and O–H groups in total. The van der Waals surface area contributed by atoms with Gasteiger partial charge in [0.15, 0.2) is 0 Å². The topological polar surface area (TPSA) is 89.0 Å². The van der Waals surface area contributed by atoms with E-state index in [1.807, 2.05) is 6.92 Å². The lowest BCUT2D eigenvalue weighted by atomic mass is 9.95. The van der Waals surface area contributed by atoms with Crippen LogP contribution in [0.4, 0.5) is 0 Å². The summed E-state index contributed by atoms with van der Waals surface area (Å²) in [5.74, 6) is -0.841. The van der Waals surface area contributed by atoms with Crippen molar-refractivity contribution >= 4 is 17.4 Å². The Morgan fingerprint density at radius 1 is 1.27 bits per heavy atom. The second kappa shape index (κ2) is 8.28. The number of rotatable bonds is 5. The molecular formula is C23H24N2O5. The van der Waals surface area contributed by atoms with E-state index in [0.717, 1.165) is 18.4 Å². The molecule has 2 saturated heterocycles. The molecule has 156 valence electrons. The highest BCUT2D eigenvalue weighted by molar-refractivity contribution is 6.46. The molecule has 7 nitrogen and oxygen atoms in total. The third-order valence-corrected chi connectivity index (χ3v) is 5.65. The summed E-state index contributed by atoms with van der Waals surface area (Å²) in [6.07, 6.45) is 4.87. The number of aryl methyl sites for hydroxylation is 1. The number of amides is 1. The van der Waals surface area contributed by atoms with Crippen LogP contribution in [-0.2, 0) is 14.3 Å². The molecule has 2 aliphatic rings. The van der Waals surface area contributed by atoms with Gasteiger partial charge in [0, 0.05) is 31.1 Å². The van der Waals surface area contributed by atoms with Gasteiger partial charge in [-0.15, -0.1) is 0 Å². The second-order valence-electron chi connectivity index (χ2n) is 7.55. The van der Waals surface area contributed by atoms with Gasteiger partial charge in [0.1, 0.15) is 11.5 Å². The number of methoxy groups -OCH3 is 1. The molecule has 1 amide bonds. The zero-order valence-corrected chi connectivity index (χ0v) is 17.0. The fraction of sp³-hybridized carbons (Fsp3) is 0.348. The van der Waals surface area contributed by atoms with Crippen molar-refractivity contribution < 1.29 is 24.2 Å². The van der Waals surface area contributed by atoms with Gasteiger partial charge in [0.25, 0.3) is 11.7 Å². The van der Waals surface area contributed by atoms with Crippen LogP contribution in [0.15, 0.2) is 48.3 Å². The highest BCUT2D eigenvalue weighted by Crippen LogP contribution is 2.40. The van der Waals surface area contributed by atoms with Gasteiger partial charge in [-0.2, -0.15) is 0 Å². The summed E-state index contributed by atoms with van der Waals surface area (Å²) in [7, 11) is 1.57. The number of ketones is 1. The minimum Gasteiger partial charge on any atom is -0.507 e. The monoisotopic (exact) mass is 408 g/mol. The maximum Gasteiger partial charge on any atom is 0.295 e. The molecule has 3 heterocycles. The first-order valence-corrected chi connectivity index (χ1v) is 9.96. The number of carbonyl (C=O) groups is 2. The van der Waals surface area contributed by atoms with Crippen LogP contribution in [0.3, 0.4) is 0 Å². The van der Waals surface area contributed by atoms with Crippen LogP contribution in [0, 0.1) is 6.92 Å². The molecule has 2 aromatic rings. The Kier molecular flexibility index (Phi) is 5.55. The molecule has 4 rings (SSSR count). The molecule has 7 heteroatoms. The number of Topliss-reactive ketones (excluding diaryl/α,β-unsaturated/α-hetero) is 1.